The monoisotopic (exact) mass is 552 g/mol. The third-order valence-electron chi connectivity index (χ3n) is 6.90. The zero-order valence-electron chi connectivity index (χ0n) is 23.2. The molecule has 0 unspecified atom stereocenters. The van der Waals surface area contributed by atoms with Gasteiger partial charge in [0.15, 0.2) is 0 Å². The number of hydrogen-bond donors (Lipinski definition) is 2. The number of nitrogens with one attached hydrogen (secondary N) is 2. The molecule has 0 fully saturated rings. The number of aryl methyl sites for hydroxylation is 5. The van der Waals surface area contributed by atoms with E-state index in [1.54, 1.807) is 19.1 Å². The molecular formula is C29H33ClN4O3S. The molecular weight excluding hydrogens is 520 g/mol. The molecule has 0 bridgehead atoms. The highest BCUT2D eigenvalue weighted by Crippen LogP contribution is 2.37. The molecule has 3 aromatic heterocycles. The molecule has 0 saturated heterocycles. The van der Waals surface area contributed by atoms with E-state index < -0.39 is 10.0 Å². The number of halogens is 1. The quantitative estimate of drug-likeness (QED) is 0.265. The Hall–Kier alpha value is -3.23. The first-order valence-corrected chi connectivity index (χ1v) is 14.2. The Bertz CT molecular complexity index is 1730. The summed E-state index contributed by atoms with van der Waals surface area (Å²) in [6, 6.07) is 6.24. The molecule has 0 atom stereocenters. The van der Waals surface area contributed by atoms with Crippen molar-refractivity contribution in [1.82, 2.24) is 15.0 Å². The maximum atomic E-state index is 14.2. The number of benzene rings is 1. The van der Waals surface area contributed by atoms with E-state index in [9.17, 15) is 13.2 Å². The second-order valence-corrected chi connectivity index (χ2v) is 13.0. The lowest BCUT2D eigenvalue weighted by atomic mass is 9.82. The van der Waals surface area contributed by atoms with Crippen LogP contribution in [0.4, 0.5) is 5.69 Å². The standard InChI is InChI=1S/C29H33ClN4O3S/c1-14-12-20(10-11-22(14)30)38(36,37)34-25-17(4)24(29(7,8)9)19(6)32-26(25)27(35)21-13-15(2)31-28-23(21)16(3)18(5)33-28/h10-13,34H,1-9H3,(H,31,33). The van der Waals surface area contributed by atoms with Crippen LogP contribution in [0.25, 0.3) is 11.0 Å². The molecule has 0 aliphatic carbocycles. The van der Waals surface area contributed by atoms with E-state index >= 15 is 0 Å². The number of anilines is 1. The second kappa shape index (κ2) is 9.50. The number of pyridine rings is 2. The number of fused-ring (bicyclic) bond motifs is 1. The van der Waals surface area contributed by atoms with Gasteiger partial charge in [-0.25, -0.2) is 18.4 Å². The van der Waals surface area contributed by atoms with Crippen molar-refractivity contribution in [3.8, 4) is 0 Å². The zero-order chi connectivity index (χ0) is 28.3. The fourth-order valence-corrected chi connectivity index (χ4v) is 6.47. The number of nitrogens with zero attached hydrogens (tertiary/aromatic N) is 2. The third kappa shape index (κ3) is 4.83. The van der Waals surface area contributed by atoms with Gasteiger partial charge < -0.3 is 4.98 Å². The zero-order valence-corrected chi connectivity index (χ0v) is 24.8. The lowest BCUT2D eigenvalue weighted by Gasteiger charge is -2.27. The number of carbonyl (C=O) groups excluding carboxylic acids is 1. The van der Waals surface area contributed by atoms with Crippen LogP contribution < -0.4 is 4.72 Å². The Morgan fingerprint density at radius 1 is 0.974 bits per heavy atom. The Labute approximate surface area is 229 Å². The fraction of sp³-hybridized carbons (Fsp3) is 0.345. The summed E-state index contributed by atoms with van der Waals surface area (Å²) in [6.07, 6.45) is 0. The highest BCUT2D eigenvalue weighted by Gasteiger charge is 2.30. The summed E-state index contributed by atoms with van der Waals surface area (Å²) >= 11 is 6.14. The Balaban J connectivity index is 2.00. The third-order valence-corrected chi connectivity index (χ3v) is 8.68. The minimum absolute atomic E-state index is 0.0485. The summed E-state index contributed by atoms with van der Waals surface area (Å²) in [6.45, 7) is 17.2. The summed E-state index contributed by atoms with van der Waals surface area (Å²) in [5.74, 6) is -0.376. The van der Waals surface area contributed by atoms with E-state index in [1.807, 2.05) is 55.4 Å². The number of aromatic amines is 1. The van der Waals surface area contributed by atoms with Gasteiger partial charge in [0.25, 0.3) is 10.0 Å². The Morgan fingerprint density at radius 3 is 2.24 bits per heavy atom. The molecule has 38 heavy (non-hydrogen) atoms. The topological polar surface area (TPSA) is 105 Å². The molecule has 7 nitrogen and oxygen atoms in total. The molecule has 0 aliphatic heterocycles. The first kappa shape index (κ1) is 27.8. The molecule has 9 heteroatoms. The highest BCUT2D eigenvalue weighted by molar-refractivity contribution is 7.92. The molecule has 0 spiro atoms. The normalized spacial score (nSPS) is 12.3. The van der Waals surface area contributed by atoms with E-state index in [0.717, 1.165) is 16.8 Å². The molecule has 4 rings (SSSR count). The lowest BCUT2D eigenvalue weighted by molar-refractivity contribution is 0.103. The predicted molar refractivity (Wildman–Crippen MR) is 153 cm³/mol. The number of hydrogen-bond acceptors (Lipinski definition) is 5. The summed E-state index contributed by atoms with van der Waals surface area (Å²) in [5.41, 5.74) is 6.25. The number of rotatable bonds is 5. The maximum absolute atomic E-state index is 14.2. The van der Waals surface area contributed by atoms with E-state index in [0.29, 0.717) is 44.1 Å². The maximum Gasteiger partial charge on any atom is 0.261 e. The summed E-state index contributed by atoms with van der Waals surface area (Å²) < 4.78 is 29.9. The van der Waals surface area contributed by atoms with Gasteiger partial charge in [-0.2, -0.15) is 0 Å². The second-order valence-electron chi connectivity index (χ2n) is 10.9. The van der Waals surface area contributed by atoms with E-state index in [1.165, 1.54) is 12.1 Å². The Kier molecular flexibility index (Phi) is 6.95. The van der Waals surface area contributed by atoms with Gasteiger partial charge in [-0.15, -0.1) is 0 Å². The Morgan fingerprint density at radius 2 is 1.63 bits per heavy atom. The average Bonchev–Trinajstić information content (AvgIpc) is 3.08. The number of sulfonamides is 1. The molecule has 0 amide bonds. The van der Waals surface area contributed by atoms with Crippen LogP contribution in [0.1, 0.15) is 76.2 Å². The summed E-state index contributed by atoms with van der Waals surface area (Å²) in [7, 11) is -4.06. The van der Waals surface area contributed by atoms with Gasteiger partial charge in [-0.1, -0.05) is 32.4 Å². The van der Waals surface area contributed by atoms with Crippen molar-refractivity contribution in [2.24, 2.45) is 0 Å². The largest absolute Gasteiger partial charge is 0.343 e. The van der Waals surface area contributed by atoms with Gasteiger partial charge in [-0.05, 0) is 93.5 Å². The number of H-pyrrole nitrogens is 1. The van der Waals surface area contributed by atoms with Crippen molar-refractivity contribution in [2.45, 2.75) is 72.6 Å². The van der Waals surface area contributed by atoms with Gasteiger partial charge in [0.2, 0.25) is 5.78 Å². The van der Waals surface area contributed by atoms with Gasteiger partial charge >= 0.3 is 0 Å². The van der Waals surface area contributed by atoms with Crippen molar-refractivity contribution < 1.29 is 13.2 Å². The van der Waals surface area contributed by atoms with Crippen LogP contribution in [0.3, 0.4) is 0 Å². The molecule has 4 aromatic rings. The van der Waals surface area contributed by atoms with Crippen molar-refractivity contribution >= 4 is 44.1 Å². The predicted octanol–water partition coefficient (Wildman–Crippen LogP) is 6.79. The van der Waals surface area contributed by atoms with Crippen LogP contribution in [0.2, 0.25) is 5.02 Å². The smallest absolute Gasteiger partial charge is 0.261 e. The number of ketones is 1. The SMILES string of the molecule is Cc1cc(C(=O)c2nc(C)c(C(C)(C)C)c(C)c2NS(=O)(=O)c2ccc(Cl)c(C)c2)c2c(C)c(C)[nH]c2n1. The van der Waals surface area contributed by atoms with Crippen LogP contribution in [-0.4, -0.2) is 29.2 Å². The first-order chi connectivity index (χ1) is 17.5. The van der Waals surface area contributed by atoms with E-state index in [4.69, 9.17) is 16.6 Å². The average molecular weight is 553 g/mol. The van der Waals surface area contributed by atoms with Crippen molar-refractivity contribution in [2.75, 3.05) is 4.72 Å². The highest BCUT2D eigenvalue weighted by atomic mass is 35.5. The molecule has 200 valence electrons. The first-order valence-electron chi connectivity index (χ1n) is 12.3. The minimum atomic E-state index is -4.06. The molecule has 1 aromatic carbocycles. The van der Waals surface area contributed by atoms with Gasteiger partial charge in [0.05, 0.1) is 10.6 Å². The molecule has 0 radical (unpaired) electrons. The molecule has 0 aliphatic rings. The van der Waals surface area contributed by atoms with Crippen molar-refractivity contribution in [3.63, 3.8) is 0 Å². The minimum Gasteiger partial charge on any atom is -0.343 e. The van der Waals surface area contributed by atoms with Crippen molar-refractivity contribution in [1.29, 1.82) is 0 Å². The van der Waals surface area contributed by atoms with E-state index in [2.05, 4.69) is 14.7 Å². The van der Waals surface area contributed by atoms with Crippen LogP contribution in [0.15, 0.2) is 29.2 Å². The van der Waals surface area contributed by atoms with Gasteiger partial charge in [0, 0.05) is 33.1 Å². The number of carbonyl (C=O) groups is 1. The number of aromatic nitrogens is 3. The summed E-state index contributed by atoms with van der Waals surface area (Å²) in [4.78, 5) is 26.8. The molecule has 2 N–H and O–H groups in total. The van der Waals surface area contributed by atoms with Crippen LogP contribution in [-0.2, 0) is 15.4 Å². The fourth-order valence-electron chi connectivity index (χ4n) is 5.13. The molecule has 3 heterocycles. The van der Waals surface area contributed by atoms with Crippen molar-refractivity contribution in [3.05, 3.63) is 79.9 Å². The molecule has 0 saturated carbocycles. The lowest BCUT2D eigenvalue weighted by Crippen LogP contribution is -2.23. The van der Waals surface area contributed by atoms with Gasteiger partial charge in [-0.3, -0.25) is 9.52 Å². The summed E-state index contributed by atoms with van der Waals surface area (Å²) in [5, 5.41) is 1.18. The van der Waals surface area contributed by atoms with Crippen LogP contribution >= 0.6 is 11.6 Å². The van der Waals surface area contributed by atoms with E-state index in [-0.39, 0.29) is 27.5 Å². The van der Waals surface area contributed by atoms with Crippen LogP contribution in [0.5, 0.6) is 0 Å². The van der Waals surface area contributed by atoms with Crippen LogP contribution in [0, 0.1) is 41.5 Å². The van der Waals surface area contributed by atoms with Gasteiger partial charge in [0.1, 0.15) is 11.3 Å².